The Kier molecular flexibility index (Phi) is 3.97. The van der Waals surface area contributed by atoms with E-state index in [2.05, 4.69) is 46.4 Å². The molecule has 0 amide bonds. The van der Waals surface area contributed by atoms with Crippen LogP contribution in [0.4, 0.5) is 10.1 Å². The van der Waals surface area contributed by atoms with Crippen molar-refractivity contribution in [1.29, 1.82) is 5.26 Å². The molecule has 9 heteroatoms. The Morgan fingerprint density at radius 1 is 1.56 bits per heavy atom. The van der Waals surface area contributed by atoms with Crippen molar-refractivity contribution in [3.05, 3.63) is 27.2 Å². The van der Waals surface area contributed by atoms with E-state index in [9.17, 15) is 5.26 Å². The maximum atomic E-state index is 15.0. The van der Waals surface area contributed by atoms with Crippen LogP contribution in [0.25, 0.3) is 11.3 Å². The van der Waals surface area contributed by atoms with Gasteiger partial charge in [-0.25, -0.2) is 4.39 Å². The molecule has 0 bridgehead atoms. The lowest BCUT2D eigenvalue weighted by Gasteiger charge is -2.36. The number of aromatic nitrogens is 2. The van der Waals surface area contributed by atoms with Gasteiger partial charge in [-0.05, 0) is 35.4 Å². The third-order valence-electron chi connectivity index (χ3n) is 4.55. The molecule has 0 saturated heterocycles. The van der Waals surface area contributed by atoms with Crippen LogP contribution in [0.15, 0.2) is 12.3 Å². The molecule has 1 saturated carbocycles. The number of hydrogen-bond acceptors (Lipinski definition) is 4. The first kappa shape index (κ1) is 17.1. The van der Waals surface area contributed by atoms with E-state index in [1.165, 1.54) is 6.07 Å². The Morgan fingerprint density at radius 3 is 2.80 bits per heavy atom. The van der Waals surface area contributed by atoms with E-state index in [-0.39, 0.29) is 16.7 Å². The number of thiocarbonyl (C=S) groups is 1. The van der Waals surface area contributed by atoms with E-state index in [0.29, 0.717) is 28.0 Å². The Balaban J connectivity index is 2.02. The van der Waals surface area contributed by atoms with Crippen molar-refractivity contribution in [2.75, 3.05) is 11.4 Å². The van der Waals surface area contributed by atoms with Crippen LogP contribution >= 0.6 is 47.4 Å². The van der Waals surface area contributed by atoms with Crippen LogP contribution < -0.4 is 9.64 Å². The SMILES string of the molecule is Cn1ncc(I)c1-c1c(F)cc2c(c1C#N)OC1(CC1)CN2C(=S)S. The lowest BCUT2D eigenvalue weighted by atomic mass is 10.00. The fourth-order valence-electron chi connectivity index (χ4n) is 3.15. The first-order valence-electron chi connectivity index (χ1n) is 7.51. The van der Waals surface area contributed by atoms with Crippen LogP contribution in [0.2, 0.25) is 0 Å². The van der Waals surface area contributed by atoms with Crippen LogP contribution in [-0.2, 0) is 7.05 Å². The molecule has 1 aromatic carbocycles. The van der Waals surface area contributed by atoms with Crippen molar-refractivity contribution >= 4 is 57.4 Å². The minimum atomic E-state index is -0.512. The number of aryl methyl sites for hydroxylation is 1. The molecular formula is C16H12FIN4OS2. The number of hydrogen-bond donors (Lipinski definition) is 1. The van der Waals surface area contributed by atoms with E-state index >= 15 is 4.39 Å². The van der Waals surface area contributed by atoms with Crippen molar-refractivity contribution in [3.8, 4) is 23.1 Å². The van der Waals surface area contributed by atoms with Gasteiger partial charge in [-0.15, -0.1) is 12.6 Å². The third-order valence-corrected chi connectivity index (χ3v) is 5.80. The number of fused-ring (bicyclic) bond motifs is 1. The number of nitriles is 1. The van der Waals surface area contributed by atoms with E-state index in [1.807, 2.05) is 0 Å². The van der Waals surface area contributed by atoms with E-state index in [0.717, 1.165) is 16.4 Å². The van der Waals surface area contributed by atoms with Crippen molar-refractivity contribution in [3.63, 3.8) is 0 Å². The van der Waals surface area contributed by atoms with Gasteiger partial charge >= 0.3 is 0 Å². The number of thiol groups is 1. The van der Waals surface area contributed by atoms with E-state index < -0.39 is 5.82 Å². The first-order valence-corrected chi connectivity index (χ1v) is 9.44. The molecule has 0 radical (unpaired) electrons. The average molecular weight is 486 g/mol. The summed E-state index contributed by atoms with van der Waals surface area (Å²) < 4.78 is 23.9. The smallest absolute Gasteiger partial charge is 0.162 e. The maximum Gasteiger partial charge on any atom is 0.162 e. The molecule has 2 aromatic rings. The van der Waals surface area contributed by atoms with Gasteiger partial charge < -0.3 is 9.64 Å². The minimum Gasteiger partial charge on any atom is -0.482 e. The number of anilines is 1. The molecule has 5 nitrogen and oxygen atoms in total. The first-order chi connectivity index (χ1) is 11.9. The maximum absolute atomic E-state index is 15.0. The summed E-state index contributed by atoms with van der Waals surface area (Å²) in [6.07, 6.45) is 3.38. The second-order valence-electron chi connectivity index (χ2n) is 6.19. The Bertz CT molecular complexity index is 945. The molecule has 1 aromatic heterocycles. The Hall–Kier alpha value is -1.38. The zero-order chi connectivity index (χ0) is 17.9. The molecule has 1 spiro atoms. The summed E-state index contributed by atoms with van der Waals surface area (Å²) in [5, 5.41) is 13.9. The molecule has 25 heavy (non-hydrogen) atoms. The van der Waals surface area contributed by atoms with Gasteiger partial charge in [0.05, 0.1) is 33.3 Å². The molecule has 1 fully saturated rings. The number of halogens is 2. The Labute approximate surface area is 168 Å². The summed E-state index contributed by atoms with van der Waals surface area (Å²) in [5.41, 5.74) is 1.01. The predicted octanol–water partition coefficient (Wildman–Crippen LogP) is 3.65. The summed E-state index contributed by atoms with van der Waals surface area (Å²) in [6.45, 7) is 0.523. The zero-order valence-electron chi connectivity index (χ0n) is 13.1. The summed E-state index contributed by atoms with van der Waals surface area (Å²) in [6, 6.07) is 3.50. The Morgan fingerprint density at radius 2 is 2.28 bits per heavy atom. The van der Waals surface area contributed by atoms with Crippen LogP contribution in [0.5, 0.6) is 5.75 Å². The molecule has 0 N–H and O–H groups in total. The second kappa shape index (κ2) is 5.82. The lowest BCUT2D eigenvalue weighted by molar-refractivity contribution is 0.177. The summed E-state index contributed by atoms with van der Waals surface area (Å²) in [5.74, 6) is -0.141. The highest BCUT2D eigenvalue weighted by Gasteiger charge is 2.51. The van der Waals surface area contributed by atoms with Crippen LogP contribution in [0, 0.1) is 20.7 Å². The van der Waals surface area contributed by atoms with Gasteiger partial charge in [0.1, 0.15) is 27.4 Å². The molecule has 2 heterocycles. The number of rotatable bonds is 1. The van der Waals surface area contributed by atoms with Gasteiger partial charge in [0.15, 0.2) is 5.75 Å². The summed E-state index contributed by atoms with van der Waals surface area (Å²) in [7, 11) is 1.72. The fraction of sp³-hybridized carbons (Fsp3) is 0.312. The monoisotopic (exact) mass is 486 g/mol. The van der Waals surface area contributed by atoms with Gasteiger partial charge in [-0.2, -0.15) is 10.4 Å². The van der Waals surface area contributed by atoms with Crippen molar-refractivity contribution in [2.24, 2.45) is 7.05 Å². The molecule has 1 aliphatic carbocycles. The van der Waals surface area contributed by atoms with Gasteiger partial charge in [-0.3, -0.25) is 4.68 Å². The van der Waals surface area contributed by atoms with Gasteiger partial charge in [-0.1, -0.05) is 12.2 Å². The topological polar surface area (TPSA) is 54.1 Å². The molecule has 128 valence electrons. The molecule has 4 rings (SSSR count). The third kappa shape index (κ3) is 2.62. The summed E-state index contributed by atoms with van der Waals surface area (Å²) in [4.78, 5) is 1.74. The van der Waals surface area contributed by atoms with Crippen LogP contribution in [0.3, 0.4) is 0 Å². The highest BCUT2D eigenvalue weighted by molar-refractivity contribution is 14.1. The van der Waals surface area contributed by atoms with Crippen molar-refractivity contribution in [1.82, 2.24) is 9.78 Å². The number of nitrogens with zero attached hydrogens (tertiary/aromatic N) is 4. The normalized spacial score (nSPS) is 17.0. The van der Waals surface area contributed by atoms with Gasteiger partial charge in [0.25, 0.3) is 0 Å². The van der Waals surface area contributed by atoms with Gasteiger partial charge in [0, 0.05) is 13.1 Å². The number of ether oxygens (including phenoxy) is 1. The largest absolute Gasteiger partial charge is 0.482 e. The molecular weight excluding hydrogens is 474 g/mol. The molecule has 2 aliphatic rings. The molecule has 1 aliphatic heterocycles. The fourth-order valence-corrected chi connectivity index (χ4v) is 4.23. The second-order valence-corrected chi connectivity index (χ2v) is 8.46. The predicted molar refractivity (Wildman–Crippen MR) is 108 cm³/mol. The number of benzene rings is 1. The summed E-state index contributed by atoms with van der Waals surface area (Å²) >= 11 is 11.6. The molecule has 0 atom stereocenters. The van der Waals surface area contributed by atoms with Crippen molar-refractivity contribution < 1.29 is 9.13 Å². The van der Waals surface area contributed by atoms with E-state index in [1.54, 1.807) is 22.8 Å². The minimum absolute atomic E-state index is 0.164. The van der Waals surface area contributed by atoms with Crippen molar-refractivity contribution in [2.45, 2.75) is 18.4 Å². The van der Waals surface area contributed by atoms with E-state index in [4.69, 9.17) is 17.0 Å². The molecule has 0 unspecified atom stereocenters. The zero-order valence-corrected chi connectivity index (χ0v) is 17.0. The highest BCUT2D eigenvalue weighted by atomic mass is 127. The highest BCUT2D eigenvalue weighted by Crippen LogP contribution is 2.52. The lowest BCUT2D eigenvalue weighted by Crippen LogP contribution is -2.43. The average Bonchev–Trinajstić information content (AvgIpc) is 3.23. The standard InChI is InChI=1S/C16H12FIN4OS2/c1-21-13(10(18)6-20-21)12-8(5-19)14-11(4-9(12)17)22(15(24)25)7-16(23-14)2-3-16/h4,6H,2-3,7H2,1H3,(H,24,25). The van der Waals surface area contributed by atoms with Crippen LogP contribution in [0.1, 0.15) is 18.4 Å². The van der Waals surface area contributed by atoms with Gasteiger partial charge in [0.2, 0.25) is 0 Å². The quantitative estimate of drug-likeness (QED) is 0.379. The van der Waals surface area contributed by atoms with Crippen LogP contribution in [-0.4, -0.2) is 26.2 Å².